The van der Waals surface area contributed by atoms with Crippen LogP contribution in [0, 0.1) is 0 Å². The summed E-state index contributed by atoms with van der Waals surface area (Å²) in [6.45, 7) is 4.74. The lowest BCUT2D eigenvalue weighted by atomic mass is 10.1. The Morgan fingerprint density at radius 1 is 1.15 bits per heavy atom. The van der Waals surface area contributed by atoms with Gasteiger partial charge in [-0.15, -0.1) is 0 Å². The number of rotatable bonds is 6. The van der Waals surface area contributed by atoms with E-state index in [-0.39, 0.29) is 18.9 Å². The SMILES string of the molecule is CC(CN1CCCCC1)NC(=O)NC(=O)CCC(=O)O. The van der Waals surface area contributed by atoms with Crippen LogP contribution in [0.15, 0.2) is 0 Å². The first-order valence-corrected chi connectivity index (χ1v) is 7.02. The number of carboxylic acid groups (broad SMARTS) is 1. The number of urea groups is 1. The van der Waals surface area contributed by atoms with Crippen molar-refractivity contribution in [1.29, 1.82) is 0 Å². The fraction of sp³-hybridized carbons (Fsp3) is 0.769. The number of carbonyl (C=O) groups excluding carboxylic acids is 2. The summed E-state index contributed by atoms with van der Waals surface area (Å²) in [5.74, 6) is -1.63. The summed E-state index contributed by atoms with van der Waals surface area (Å²) in [5.41, 5.74) is 0. The molecule has 0 aromatic carbocycles. The molecule has 1 aliphatic heterocycles. The fourth-order valence-electron chi connectivity index (χ4n) is 2.24. The van der Waals surface area contributed by atoms with Gasteiger partial charge in [0.15, 0.2) is 0 Å². The van der Waals surface area contributed by atoms with Gasteiger partial charge in [-0.3, -0.25) is 14.9 Å². The number of aliphatic carboxylic acids is 1. The summed E-state index contributed by atoms with van der Waals surface area (Å²) in [4.78, 5) is 35.4. The maximum absolute atomic E-state index is 11.5. The van der Waals surface area contributed by atoms with Crippen LogP contribution in [-0.2, 0) is 9.59 Å². The van der Waals surface area contributed by atoms with Crippen molar-refractivity contribution in [3.8, 4) is 0 Å². The minimum atomic E-state index is -1.06. The highest BCUT2D eigenvalue weighted by molar-refractivity contribution is 5.95. The van der Waals surface area contributed by atoms with Crippen molar-refractivity contribution in [3.05, 3.63) is 0 Å². The van der Waals surface area contributed by atoms with E-state index in [4.69, 9.17) is 5.11 Å². The lowest BCUT2D eigenvalue weighted by Gasteiger charge is -2.29. The highest BCUT2D eigenvalue weighted by Crippen LogP contribution is 2.08. The van der Waals surface area contributed by atoms with Crippen LogP contribution in [0.2, 0.25) is 0 Å². The lowest BCUT2D eigenvalue weighted by Crippen LogP contribution is -2.48. The zero-order chi connectivity index (χ0) is 15.0. The largest absolute Gasteiger partial charge is 0.481 e. The number of nitrogens with one attached hydrogen (secondary N) is 2. The summed E-state index contributed by atoms with van der Waals surface area (Å²) in [5, 5.41) is 13.3. The van der Waals surface area contributed by atoms with Crippen LogP contribution in [0.25, 0.3) is 0 Å². The van der Waals surface area contributed by atoms with E-state index < -0.39 is 17.9 Å². The van der Waals surface area contributed by atoms with E-state index in [1.54, 1.807) is 0 Å². The molecule has 0 aromatic rings. The van der Waals surface area contributed by atoms with Crippen LogP contribution >= 0.6 is 0 Å². The Labute approximate surface area is 118 Å². The number of carbonyl (C=O) groups is 3. The molecule has 0 aromatic heterocycles. The van der Waals surface area contributed by atoms with Gasteiger partial charge in [0, 0.05) is 19.0 Å². The topological polar surface area (TPSA) is 98.7 Å². The zero-order valence-electron chi connectivity index (χ0n) is 11.9. The maximum atomic E-state index is 11.5. The molecule has 1 heterocycles. The predicted octanol–water partition coefficient (Wildman–Crippen LogP) is 0.551. The number of imide groups is 1. The molecule has 1 unspecified atom stereocenters. The summed E-state index contributed by atoms with van der Waals surface area (Å²) in [6.07, 6.45) is 3.17. The monoisotopic (exact) mass is 285 g/mol. The van der Waals surface area contributed by atoms with Crippen molar-refractivity contribution in [2.24, 2.45) is 0 Å². The first kappa shape index (κ1) is 16.4. The second kappa shape index (κ2) is 8.52. The second-order valence-electron chi connectivity index (χ2n) is 5.18. The van der Waals surface area contributed by atoms with Crippen molar-refractivity contribution in [1.82, 2.24) is 15.5 Å². The molecule has 0 spiro atoms. The molecule has 1 aliphatic rings. The summed E-state index contributed by atoms with van der Waals surface area (Å²) in [6, 6.07) is -0.620. The van der Waals surface area contributed by atoms with E-state index in [2.05, 4.69) is 15.5 Å². The van der Waals surface area contributed by atoms with E-state index in [1.807, 2.05) is 6.92 Å². The van der Waals surface area contributed by atoms with Gasteiger partial charge < -0.3 is 15.3 Å². The van der Waals surface area contributed by atoms with Crippen molar-refractivity contribution >= 4 is 17.9 Å². The van der Waals surface area contributed by atoms with Crippen LogP contribution in [0.1, 0.15) is 39.0 Å². The van der Waals surface area contributed by atoms with E-state index in [0.717, 1.165) is 19.6 Å². The van der Waals surface area contributed by atoms with Gasteiger partial charge in [-0.05, 0) is 32.9 Å². The van der Waals surface area contributed by atoms with Gasteiger partial charge in [0.25, 0.3) is 0 Å². The molecule has 114 valence electrons. The Hall–Kier alpha value is -1.63. The Bertz CT molecular complexity index is 354. The van der Waals surface area contributed by atoms with Crippen LogP contribution in [0.3, 0.4) is 0 Å². The molecule has 3 amide bonds. The van der Waals surface area contributed by atoms with E-state index in [9.17, 15) is 14.4 Å². The number of carboxylic acids is 1. The smallest absolute Gasteiger partial charge is 0.321 e. The van der Waals surface area contributed by atoms with Crippen LogP contribution in [0.5, 0.6) is 0 Å². The molecule has 3 N–H and O–H groups in total. The van der Waals surface area contributed by atoms with Crippen molar-refractivity contribution in [2.45, 2.75) is 45.1 Å². The van der Waals surface area contributed by atoms with Gasteiger partial charge in [-0.2, -0.15) is 0 Å². The molecule has 1 fully saturated rings. The highest BCUT2D eigenvalue weighted by Gasteiger charge is 2.16. The number of hydrogen-bond acceptors (Lipinski definition) is 4. The zero-order valence-corrected chi connectivity index (χ0v) is 11.9. The van der Waals surface area contributed by atoms with Crippen molar-refractivity contribution < 1.29 is 19.5 Å². The summed E-state index contributed by atoms with van der Waals surface area (Å²) in [7, 11) is 0. The summed E-state index contributed by atoms with van der Waals surface area (Å²) >= 11 is 0. The Morgan fingerprint density at radius 3 is 2.40 bits per heavy atom. The van der Waals surface area contributed by atoms with Gasteiger partial charge in [0.1, 0.15) is 0 Å². The number of amides is 3. The quantitative estimate of drug-likeness (QED) is 0.662. The Morgan fingerprint density at radius 2 is 1.80 bits per heavy atom. The second-order valence-corrected chi connectivity index (χ2v) is 5.18. The molecular formula is C13H23N3O4. The van der Waals surface area contributed by atoms with Crippen LogP contribution < -0.4 is 10.6 Å². The van der Waals surface area contributed by atoms with E-state index in [1.165, 1.54) is 19.3 Å². The van der Waals surface area contributed by atoms with Crippen LogP contribution in [-0.4, -0.2) is 53.6 Å². The lowest BCUT2D eigenvalue weighted by molar-refractivity contribution is -0.138. The summed E-state index contributed by atoms with van der Waals surface area (Å²) < 4.78 is 0. The third-order valence-corrected chi connectivity index (χ3v) is 3.18. The van der Waals surface area contributed by atoms with Crippen molar-refractivity contribution in [2.75, 3.05) is 19.6 Å². The third kappa shape index (κ3) is 7.08. The maximum Gasteiger partial charge on any atom is 0.321 e. The molecule has 20 heavy (non-hydrogen) atoms. The van der Waals surface area contributed by atoms with Gasteiger partial charge in [0.2, 0.25) is 5.91 Å². The molecule has 1 saturated heterocycles. The fourth-order valence-corrected chi connectivity index (χ4v) is 2.24. The van der Waals surface area contributed by atoms with Gasteiger partial charge in [0.05, 0.1) is 6.42 Å². The molecule has 1 atom stereocenters. The van der Waals surface area contributed by atoms with Crippen LogP contribution in [0.4, 0.5) is 4.79 Å². The number of likely N-dealkylation sites (tertiary alicyclic amines) is 1. The Balaban J connectivity index is 2.19. The molecule has 0 saturated carbocycles. The molecule has 7 nitrogen and oxygen atoms in total. The minimum absolute atomic E-state index is 0.0552. The first-order valence-electron chi connectivity index (χ1n) is 7.02. The van der Waals surface area contributed by atoms with Gasteiger partial charge >= 0.3 is 12.0 Å². The normalized spacial score (nSPS) is 17.2. The average Bonchev–Trinajstić information content (AvgIpc) is 2.37. The number of nitrogens with zero attached hydrogens (tertiary/aromatic N) is 1. The van der Waals surface area contributed by atoms with E-state index >= 15 is 0 Å². The minimum Gasteiger partial charge on any atom is -0.481 e. The molecule has 0 bridgehead atoms. The molecule has 7 heteroatoms. The molecule has 1 rings (SSSR count). The molecule has 0 radical (unpaired) electrons. The highest BCUT2D eigenvalue weighted by atomic mass is 16.4. The van der Waals surface area contributed by atoms with E-state index in [0.29, 0.717) is 0 Å². The number of piperidine rings is 1. The third-order valence-electron chi connectivity index (χ3n) is 3.18. The Kier molecular flexibility index (Phi) is 7.00. The standard InChI is InChI=1S/C13H23N3O4/c1-10(9-16-7-3-2-4-8-16)14-13(20)15-11(17)5-6-12(18)19/h10H,2-9H2,1H3,(H,18,19)(H2,14,15,17,20). The number of hydrogen-bond donors (Lipinski definition) is 3. The molecular weight excluding hydrogens is 262 g/mol. The van der Waals surface area contributed by atoms with Crippen molar-refractivity contribution in [3.63, 3.8) is 0 Å². The van der Waals surface area contributed by atoms with Gasteiger partial charge in [-0.1, -0.05) is 6.42 Å². The van der Waals surface area contributed by atoms with Gasteiger partial charge in [-0.25, -0.2) is 4.79 Å². The molecule has 0 aliphatic carbocycles. The first-order chi connectivity index (χ1) is 9.47. The average molecular weight is 285 g/mol. The predicted molar refractivity (Wildman–Crippen MR) is 73.3 cm³/mol.